The van der Waals surface area contributed by atoms with Crippen LogP contribution in [-0.4, -0.2) is 9.78 Å². The highest BCUT2D eigenvalue weighted by atomic mass is 79.9. The van der Waals surface area contributed by atoms with Gasteiger partial charge in [-0.05, 0) is 34.5 Å². The minimum atomic E-state index is -0.308. The number of halogens is 2. The highest BCUT2D eigenvalue weighted by molar-refractivity contribution is 9.10. The lowest BCUT2D eigenvalue weighted by molar-refractivity contribution is 0.630. The van der Waals surface area contributed by atoms with Crippen LogP contribution in [0.4, 0.5) is 10.2 Å². The number of nitrogens with two attached hydrogens (primary N) is 1. The molecule has 2 aromatic rings. The van der Waals surface area contributed by atoms with Crippen LogP contribution in [0.2, 0.25) is 0 Å². The van der Waals surface area contributed by atoms with E-state index < -0.39 is 0 Å². The van der Waals surface area contributed by atoms with E-state index in [1.807, 2.05) is 6.92 Å². The molecule has 1 heterocycles. The predicted octanol–water partition coefficient (Wildman–Crippen LogP) is 2.88. The Kier molecular flexibility index (Phi) is 2.71. The second kappa shape index (κ2) is 3.90. The number of benzene rings is 1. The molecule has 0 aliphatic carbocycles. The Bertz CT molecular complexity index is 548. The van der Waals surface area contributed by atoms with Crippen LogP contribution in [0.15, 0.2) is 22.8 Å². The molecule has 16 heavy (non-hydrogen) atoms. The van der Waals surface area contributed by atoms with Crippen LogP contribution in [0.1, 0.15) is 5.56 Å². The first kappa shape index (κ1) is 11.1. The van der Waals surface area contributed by atoms with Crippen LogP contribution < -0.4 is 5.73 Å². The number of anilines is 1. The summed E-state index contributed by atoms with van der Waals surface area (Å²) in [7, 11) is 1.72. The van der Waals surface area contributed by atoms with Gasteiger partial charge >= 0.3 is 0 Å². The second-order valence-electron chi connectivity index (χ2n) is 3.62. The molecule has 1 aromatic carbocycles. The first-order valence-electron chi connectivity index (χ1n) is 4.75. The zero-order valence-corrected chi connectivity index (χ0v) is 10.5. The molecule has 0 radical (unpaired) electrons. The van der Waals surface area contributed by atoms with E-state index in [0.29, 0.717) is 21.4 Å². The molecule has 0 amide bonds. The summed E-state index contributed by atoms with van der Waals surface area (Å²) >= 11 is 3.38. The van der Waals surface area contributed by atoms with Crippen LogP contribution in [0.3, 0.4) is 0 Å². The van der Waals surface area contributed by atoms with Gasteiger partial charge in [0.05, 0.1) is 6.20 Å². The van der Waals surface area contributed by atoms with Gasteiger partial charge in [-0.15, -0.1) is 0 Å². The maximum Gasteiger partial charge on any atom is 0.132 e. The molecule has 0 saturated carbocycles. The van der Waals surface area contributed by atoms with Crippen molar-refractivity contribution >= 4 is 21.7 Å². The fourth-order valence-corrected chi connectivity index (χ4v) is 2.08. The topological polar surface area (TPSA) is 43.8 Å². The molecule has 0 saturated heterocycles. The molecule has 2 N–H and O–H groups in total. The summed E-state index contributed by atoms with van der Waals surface area (Å²) in [6.45, 7) is 1.90. The monoisotopic (exact) mass is 283 g/mol. The van der Waals surface area contributed by atoms with Gasteiger partial charge in [0.25, 0.3) is 0 Å². The summed E-state index contributed by atoms with van der Waals surface area (Å²) in [5.74, 6) is 0.141. The fraction of sp³-hybridized carbons (Fsp3) is 0.182. The van der Waals surface area contributed by atoms with E-state index in [1.165, 1.54) is 10.7 Å². The van der Waals surface area contributed by atoms with Crippen molar-refractivity contribution in [3.8, 4) is 11.1 Å². The molecular weight excluding hydrogens is 273 g/mol. The number of hydrogen-bond acceptors (Lipinski definition) is 2. The molecule has 84 valence electrons. The number of nitrogens with zero attached hydrogens (tertiary/aromatic N) is 2. The largest absolute Gasteiger partial charge is 0.383 e. The number of rotatable bonds is 1. The van der Waals surface area contributed by atoms with Crippen molar-refractivity contribution in [3.05, 3.63) is 34.2 Å². The van der Waals surface area contributed by atoms with E-state index in [4.69, 9.17) is 5.73 Å². The van der Waals surface area contributed by atoms with E-state index in [2.05, 4.69) is 21.0 Å². The van der Waals surface area contributed by atoms with Gasteiger partial charge in [0.2, 0.25) is 0 Å². The normalized spacial score (nSPS) is 10.8. The standard InChI is InChI=1S/C11H11BrFN3/c1-6-3-4-8(13)9(10(6)12)7-5-15-16(2)11(7)14/h3-5H,14H2,1-2H3. The van der Waals surface area contributed by atoms with Crippen LogP contribution >= 0.6 is 15.9 Å². The highest BCUT2D eigenvalue weighted by Gasteiger charge is 2.16. The summed E-state index contributed by atoms with van der Waals surface area (Å²) < 4.78 is 16.0. The zero-order valence-electron chi connectivity index (χ0n) is 8.96. The lowest BCUT2D eigenvalue weighted by Gasteiger charge is -2.08. The maximum absolute atomic E-state index is 13.8. The van der Waals surface area contributed by atoms with Crippen molar-refractivity contribution in [1.29, 1.82) is 0 Å². The summed E-state index contributed by atoms with van der Waals surface area (Å²) in [6.07, 6.45) is 1.57. The first-order chi connectivity index (χ1) is 7.52. The molecule has 0 spiro atoms. The molecule has 1 aromatic heterocycles. The average Bonchev–Trinajstić information content (AvgIpc) is 2.56. The van der Waals surface area contributed by atoms with Gasteiger partial charge in [0.15, 0.2) is 0 Å². The first-order valence-corrected chi connectivity index (χ1v) is 5.54. The molecule has 0 aliphatic rings. The van der Waals surface area contributed by atoms with Crippen molar-refractivity contribution in [2.24, 2.45) is 7.05 Å². The number of hydrogen-bond donors (Lipinski definition) is 1. The lowest BCUT2D eigenvalue weighted by atomic mass is 10.1. The van der Waals surface area contributed by atoms with Gasteiger partial charge in [-0.2, -0.15) is 5.10 Å². The van der Waals surface area contributed by atoms with Gasteiger partial charge in [0.1, 0.15) is 11.6 Å². The van der Waals surface area contributed by atoms with E-state index in [1.54, 1.807) is 19.3 Å². The highest BCUT2D eigenvalue weighted by Crippen LogP contribution is 2.35. The number of aromatic nitrogens is 2. The third-order valence-electron chi connectivity index (χ3n) is 2.54. The quantitative estimate of drug-likeness (QED) is 0.875. The third kappa shape index (κ3) is 1.61. The fourth-order valence-electron chi connectivity index (χ4n) is 1.54. The van der Waals surface area contributed by atoms with E-state index in [9.17, 15) is 4.39 Å². The summed E-state index contributed by atoms with van der Waals surface area (Å²) in [5.41, 5.74) is 7.86. The Balaban J connectivity index is 2.73. The third-order valence-corrected chi connectivity index (χ3v) is 3.56. The van der Waals surface area contributed by atoms with E-state index in [0.717, 1.165) is 5.56 Å². The van der Waals surface area contributed by atoms with Crippen molar-refractivity contribution in [2.75, 3.05) is 5.73 Å². The van der Waals surface area contributed by atoms with Gasteiger partial charge < -0.3 is 5.73 Å². The molecule has 5 heteroatoms. The molecule has 2 rings (SSSR count). The Hall–Kier alpha value is -1.36. The molecular formula is C11H11BrFN3. The van der Waals surface area contributed by atoms with Crippen LogP contribution in [0.25, 0.3) is 11.1 Å². The Morgan fingerprint density at radius 2 is 2.12 bits per heavy atom. The molecule has 0 fully saturated rings. The Labute approximate surface area is 101 Å². The van der Waals surface area contributed by atoms with E-state index >= 15 is 0 Å². The van der Waals surface area contributed by atoms with Crippen molar-refractivity contribution < 1.29 is 4.39 Å². The summed E-state index contributed by atoms with van der Waals surface area (Å²) in [4.78, 5) is 0. The molecule has 0 unspecified atom stereocenters. The van der Waals surface area contributed by atoms with Gasteiger partial charge in [-0.3, -0.25) is 4.68 Å². The predicted molar refractivity (Wildman–Crippen MR) is 65.5 cm³/mol. The molecule has 0 atom stereocenters. The Morgan fingerprint density at radius 3 is 2.69 bits per heavy atom. The minimum absolute atomic E-state index is 0.308. The average molecular weight is 284 g/mol. The zero-order chi connectivity index (χ0) is 11.9. The summed E-state index contributed by atoms with van der Waals surface area (Å²) in [5, 5.41) is 4.01. The van der Waals surface area contributed by atoms with Crippen molar-refractivity contribution in [3.63, 3.8) is 0 Å². The lowest BCUT2D eigenvalue weighted by Crippen LogP contribution is -1.99. The molecule has 3 nitrogen and oxygen atoms in total. The van der Waals surface area contributed by atoms with Crippen LogP contribution in [0, 0.1) is 12.7 Å². The SMILES string of the molecule is Cc1ccc(F)c(-c2cnn(C)c2N)c1Br. The van der Waals surface area contributed by atoms with Gasteiger partial charge in [-0.25, -0.2) is 4.39 Å². The smallest absolute Gasteiger partial charge is 0.132 e. The number of aryl methyl sites for hydroxylation is 2. The van der Waals surface area contributed by atoms with Crippen LogP contribution in [-0.2, 0) is 7.05 Å². The maximum atomic E-state index is 13.8. The summed E-state index contributed by atoms with van der Waals surface area (Å²) in [6, 6.07) is 3.15. The molecule has 0 bridgehead atoms. The van der Waals surface area contributed by atoms with Gasteiger partial charge in [0, 0.05) is 22.6 Å². The van der Waals surface area contributed by atoms with E-state index in [-0.39, 0.29) is 5.82 Å². The Morgan fingerprint density at radius 1 is 1.44 bits per heavy atom. The van der Waals surface area contributed by atoms with Crippen LogP contribution in [0.5, 0.6) is 0 Å². The number of nitrogen functional groups attached to an aromatic ring is 1. The van der Waals surface area contributed by atoms with Crippen molar-refractivity contribution in [1.82, 2.24) is 9.78 Å². The van der Waals surface area contributed by atoms with Gasteiger partial charge in [-0.1, -0.05) is 6.07 Å². The molecule has 0 aliphatic heterocycles. The minimum Gasteiger partial charge on any atom is -0.383 e. The second-order valence-corrected chi connectivity index (χ2v) is 4.41. The van der Waals surface area contributed by atoms with Crippen molar-refractivity contribution in [2.45, 2.75) is 6.92 Å².